The molecule has 0 bridgehead atoms. The lowest BCUT2D eigenvalue weighted by molar-refractivity contribution is -0.143. The van der Waals surface area contributed by atoms with E-state index in [0.29, 0.717) is 12.1 Å². The zero-order chi connectivity index (χ0) is 15.5. The number of nitrogens with zero attached hydrogens (tertiary/aromatic N) is 2. The molecular weight excluding hydrogens is 293 g/mol. The molecule has 1 rings (SSSR count). The molecule has 0 N–H and O–H groups in total. The first-order valence-corrected chi connectivity index (χ1v) is 6.56. The number of aryl methyl sites for hydroxylation is 1. The van der Waals surface area contributed by atoms with Gasteiger partial charge >= 0.3 is 6.18 Å². The maximum Gasteiger partial charge on any atom is 0.406 e. The smallest absolute Gasteiger partial charge is 0.327 e. The Hall–Kier alpha value is -1.30. The van der Waals surface area contributed by atoms with Gasteiger partial charge in [0.05, 0.1) is 0 Å². The number of amides is 1. The molecule has 0 unspecified atom stereocenters. The van der Waals surface area contributed by atoms with Crippen molar-refractivity contribution in [1.29, 1.82) is 0 Å². The SMILES string of the molecule is CCc1cc(C(=O)N(CC(F)(F)F)C(C)C)cc(Cl)n1. The fourth-order valence-corrected chi connectivity index (χ4v) is 1.93. The van der Waals surface area contributed by atoms with Crippen molar-refractivity contribution in [2.24, 2.45) is 0 Å². The molecule has 1 aromatic rings. The first-order chi connectivity index (χ1) is 9.14. The normalized spacial score (nSPS) is 11.8. The molecule has 7 heteroatoms. The number of alkyl halides is 3. The summed E-state index contributed by atoms with van der Waals surface area (Å²) in [7, 11) is 0. The van der Waals surface area contributed by atoms with E-state index in [1.807, 2.05) is 6.92 Å². The lowest BCUT2D eigenvalue weighted by Crippen LogP contribution is -2.43. The van der Waals surface area contributed by atoms with E-state index in [-0.39, 0.29) is 10.7 Å². The number of pyridine rings is 1. The van der Waals surface area contributed by atoms with Gasteiger partial charge in [-0.3, -0.25) is 4.79 Å². The summed E-state index contributed by atoms with van der Waals surface area (Å²) in [5.41, 5.74) is 0.691. The standard InChI is InChI=1S/C13H16ClF3N2O/c1-4-10-5-9(6-11(14)18-10)12(20)19(8(2)3)7-13(15,16)17/h5-6,8H,4,7H2,1-3H3. The van der Waals surface area contributed by atoms with Crippen molar-refractivity contribution in [2.75, 3.05) is 6.54 Å². The van der Waals surface area contributed by atoms with Crippen LogP contribution < -0.4 is 0 Å². The third-order valence-corrected chi connectivity index (χ3v) is 2.88. The second-order valence-electron chi connectivity index (χ2n) is 4.67. The Bertz CT molecular complexity index is 489. The van der Waals surface area contributed by atoms with Gasteiger partial charge in [-0.15, -0.1) is 0 Å². The van der Waals surface area contributed by atoms with Crippen LogP contribution in [0.5, 0.6) is 0 Å². The minimum absolute atomic E-state index is 0.100. The van der Waals surface area contributed by atoms with E-state index in [4.69, 9.17) is 11.6 Å². The minimum atomic E-state index is -4.44. The van der Waals surface area contributed by atoms with Crippen LogP contribution in [0.2, 0.25) is 5.15 Å². The largest absolute Gasteiger partial charge is 0.406 e. The fourth-order valence-electron chi connectivity index (χ4n) is 1.70. The highest BCUT2D eigenvalue weighted by molar-refractivity contribution is 6.29. The molecule has 0 aromatic carbocycles. The first-order valence-electron chi connectivity index (χ1n) is 6.18. The van der Waals surface area contributed by atoms with Gasteiger partial charge in [-0.05, 0) is 32.4 Å². The number of carbonyl (C=O) groups excluding carboxylic acids is 1. The number of carbonyl (C=O) groups is 1. The van der Waals surface area contributed by atoms with Gasteiger partial charge in [-0.25, -0.2) is 4.98 Å². The number of rotatable bonds is 4. The number of hydrogen-bond acceptors (Lipinski definition) is 2. The van der Waals surface area contributed by atoms with Gasteiger partial charge in [-0.1, -0.05) is 18.5 Å². The Morgan fingerprint density at radius 3 is 2.45 bits per heavy atom. The molecule has 20 heavy (non-hydrogen) atoms. The van der Waals surface area contributed by atoms with Gasteiger partial charge in [0.1, 0.15) is 11.7 Å². The van der Waals surface area contributed by atoms with Crippen LogP contribution in [-0.4, -0.2) is 34.6 Å². The second kappa shape index (κ2) is 6.43. The van der Waals surface area contributed by atoms with Crippen molar-refractivity contribution in [3.8, 4) is 0 Å². The van der Waals surface area contributed by atoms with Crippen LogP contribution in [0.25, 0.3) is 0 Å². The maximum absolute atomic E-state index is 12.5. The molecule has 1 heterocycles. The Morgan fingerprint density at radius 1 is 1.40 bits per heavy atom. The average molecular weight is 309 g/mol. The van der Waals surface area contributed by atoms with E-state index < -0.39 is 24.7 Å². The fraction of sp³-hybridized carbons (Fsp3) is 0.538. The lowest BCUT2D eigenvalue weighted by atomic mass is 10.1. The summed E-state index contributed by atoms with van der Waals surface area (Å²) in [6.07, 6.45) is -3.90. The monoisotopic (exact) mass is 308 g/mol. The molecule has 0 fully saturated rings. The molecule has 0 aliphatic carbocycles. The second-order valence-corrected chi connectivity index (χ2v) is 5.05. The van der Waals surface area contributed by atoms with Crippen LogP contribution in [0.4, 0.5) is 13.2 Å². The summed E-state index contributed by atoms with van der Waals surface area (Å²) in [6, 6.07) is 2.19. The third kappa shape index (κ3) is 4.67. The molecule has 1 amide bonds. The van der Waals surface area contributed by atoms with Gasteiger partial charge in [0, 0.05) is 17.3 Å². The summed E-state index contributed by atoms with van der Waals surface area (Å²) in [6.45, 7) is 3.61. The van der Waals surface area contributed by atoms with Crippen LogP contribution in [0, 0.1) is 0 Å². The Balaban J connectivity index is 3.09. The zero-order valence-electron chi connectivity index (χ0n) is 11.5. The molecule has 0 aliphatic heterocycles. The highest BCUT2D eigenvalue weighted by Crippen LogP contribution is 2.21. The van der Waals surface area contributed by atoms with Crippen molar-refractivity contribution in [3.63, 3.8) is 0 Å². The molecule has 0 saturated heterocycles. The summed E-state index contributed by atoms with van der Waals surface area (Å²) in [4.78, 5) is 17.0. The van der Waals surface area contributed by atoms with E-state index >= 15 is 0 Å². The van der Waals surface area contributed by atoms with Crippen LogP contribution in [0.3, 0.4) is 0 Å². The quantitative estimate of drug-likeness (QED) is 0.794. The van der Waals surface area contributed by atoms with E-state index in [1.165, 1.54) is 26.0 Å². The van der Waals surface area contributed by atoms with Gasteiger partial charge in [-0.2, -0.15) is 13.2 Å². The number of aromatic nitrogens is 1. The van der Waals surface area contributed by atoms with Crippen molar-refractivity contribution < 1.29 is 18.0 Å². The predicted octanol–water partition coefficient (Wildman–Crippen LogP) is 3.71. The molecule has 3 nitrogen and oxygen atoms in total. The van der Waals surface area contributed by atoms with Crippen LogP contribution >= 0.6 is 11.6 Å². The first kappa shape index (κ1) is 16.8. The van der Waals surface area contributed by atoms with Crippen LogP contribution in [0.1, 0.15) is 36.8 Å². The van der Waals surface area contributed by atoms with E-state index in [2.05, 4.69) is 4.98 Å². The van der Waals surface area contributed by atoms with Gasteiger partial charge in [0.2, 0.25) is 0 Å². The maximum atomic E-state index is 12.5. The Morgan fingerprint density at radius 2 is 2.00 bits per heavy atom. The molecule has 0 saturated carbocycles. The van der Waals surface area contributed by atoms with Crippen molar-refractivity contribution in [2.45, 2.75) is 39.4 Å². The van der Waals surface area contributed by atoms with Gasteiger partial charge < -0.3 is 4.90 Å². The highest BCUT2D eigenvalue weighted by Gasteiger charge is 2.34. The van der Waals surface area contributed by atoms with Gasteiger partial charge in [0.25, 0.3) is 5.91 Å². The third-order valence-electron chi connectivity index (χ3n) is 2.69. The summed E-state index contributed by atoms with van der Waals surface area (Å²) in [5, 5.41) is 0.100. The van der Waals surface area contributed by atoms with Crippen LogP contribution in [0.15, 0.2) is 12.1 Å². The summed E-state index contributed by atoms with van der Waals surface area (Å²) >= 11 is 5.79. The van der Waals surface area contributed by atoms with E-state index in [9.17, 15) is 18.0 Å². The highest BCUT2D eigenvalue weighted by atomic mass is 35.5. The van der Waals surface area contributed by atoms with Crippen molar-refractivity contribution in [1.82, 2.24) is 9.88 Å². The molecule has 0 radical (unpaired) electrons. The minimum Gasteiger partial charge on any atom is -0.327 e. The zero-order valence-corrected chi connectivity index (χ0v) is 12.2. The summed E-state index contributed by atoms with van der Waals surface area (Å²) < 4.78 is 37.6. The van der Waals surface area contributed by atoms with Crippen LogP contribution in [-0.2, 0) is 6.42 Å². The van der Waals surface area contributed by atoms with E-state index in [0.717, 1.165) is 4.90 Å². The van der Waals surface area contributed by atoms with E-state index in [1.54, 1.807) is 0 Å². The van der Waals surface area contributed by atoms with Crippen molar-refractivity contribution in [3.05, 3.63) is 28.5 Å². The number of hydrogen-bond donors (Lipinski definition) is 0. The number of halogens is 4. The van der Waals surface area contributed by atoms with Crippen molar-refractivity contribution >= 4 is 17.5 Å². The lowest BCUT2D eigenvalue weighted by Gasteiger charge is -2.28. The molecular formula is C13H16ClF3N2O. The topological polar surface area (TPSA) is 33.2 Å². The Kier molecular flexibility index (Phi) is 5.39. The summed E-state index contributed by atoms with van der Waals surface area (Å²) in [5.74, 6) is -0.698. The molecule has 1 aromatic heterocycles. The molecule has 112 valence electrons. The van der Waals surface area contributed by atoms with Gasteiger partial charge in [0.15, 0.2) is 0 Å². The molecule has 0 spiro atoms. The molecule has 0 atom stereocenters. The Labute approximate surface area is 120 Å². The average Bonchev–Trinajstić information content (AvgIpc) is 2.33. The molecule has 0 aliphatic rings. The predicted molar refractivity (Wildman–Crippen MR) is 70.9 cm³/mol.